The first-order chi connectivity index (χ1) is 13.7. The molecule has 0 radical (unpaired) electrons. The molecular formula is C22H28O7. The number of benzene rings is 1. The first kappa shape index (κ1) is 22.8. The molecule has 7 heteroatoms. The van der Waals surface area contributed by atoms with Gasteiger partial charge in [-0.05, 0) is 37.3 Å². The van der Waals surface area contributed by atoms with Crippen molar-refractivity contribution in [2.45, 2.75) is 57.3 Å². The van der Waals surface area contributed by atoms with E-state index in [2.05, 4.69) is 0 Å². The quantitative estimate of drug-likeness (QED) is 0.383. The van der Waals surface area contributed by atoms with Gasteiger partial charge in [-0.25, -0.2) is 4.79 Å². The minimum Gasteiger partial charge on any atom is -0.490 e. The zero-order valence-electron chi connectivity index (χ0n) is 16.5. The lowest BCUT2D eigenvalue weighted by molar-refractivity contribution is -0.205. The summed E-state index contributed by atoms with van der Waals surface area (Å²) < 4.78 is 5.92. The van der Waals surface area contributed by atoms with Gasteiger partial charge < -0.3 is 20.1 Å². The normalized spacial score (nSPS) is 20.7. The summed E-state index contributed by atoms with van der Waals surface area (Å²) in [5, 5.41) is 27.7. The Hall–Kier alpha value is -2.51. The molecule has 0 saturated heterocycles. The third-order valence-corrected chi connectivity index (χ3v) is 5.08. The Morgan fingerprint density at radius 1 is 1.28 bits per heavy atom. The van der Waals surface area contributed by atoms with Gasteiger partial charge >= 0.3 is 5.97 Å². The van der Waals surface area contributed by atoms with Crippen LogP contribution in [-0.4, -0.2) is 44.7 Å². The van der Waals surface area contributed by atoms with Crippen molar-refractivity contribution in [2.24, 2.45) is 11.8 Å². The third-order valence-electron chi connectivity index (χ3n) is 5.08. The molecular weight excluding hydrogens is 376 g/mol. The topological polar surface area (TPSA) is 121 Å². The number of hydrogen-bond donors (Lipinski definition) is 3. The second-order valence-electron chi connectivity index (χ2n) is 7.44. The van der Waals surface area contributed by atoms with Crippen molar-refractivity contribution < 1.29 is 34.4 Å². The molecule has 0 spiro atoms. The number of para-hydroxylation sites is 1. The van der Waals surface area contributed by atoms with Crippen LogP contribution in [0.5, 0.6) is 5.75 Å². The first-order valence-electron chi connectivity index (χ1n) is 9.83. The van der Waals surface area contributed by atoms with Crippen LogP contribution in [-0.2, 0) is 14.4 Å². The first-order valence-corrected chi connectivity index (χ1v) is 9.83. The summed E-state index contributed by atoms with van der Waals surface area (Å²) in [6.07, 6.45) is 4.60. The molecule has 1 aromatic rings. The van der Waals surface area contributed by atoms with Crippen molar-refractivity contribution in [1.29, 1.82) is 0 Å². The van der Waals surface area contributed by atoms with Gasteiger partial charge in [-0.3, -0.25) is 9.59 Å². The molecule has 158 valence electrons. The second-order valence-corrected chi connectivity index (χ2v) is 7.44. The number of carbonyl (C=O) groups excluding carboxylic acids is 2. The molecule has 0 amide bonds. The molecule has 2 rings (SSSR count). The van der Waals surface area contributed by atoms with Gasteiger partial charge in [0.15, 0.2) is 0 Å². The number of hydrogen-bond acceptors (Lipinski definition) is 6. The highest BCUT2D eigenvalue weighted by molar-refractivity contribution is 5.87. The van der Waals surface area contributed by atoms with E-state index in [0.29, 0.717) is 18.6 Å². The second kappa shape index (κ2) is 10.3. The number of carboxylic acid groups (broad SMARTS) is 1. The Bertz CT molecular complexity index is 739. The van der Waals surface area contributed by atoms with Crippen molar-refractivity contribution in [3.8, 4) is 5.75 Å². The SMILES string of the molecule is CC/C=C/[C@H]1CCC(=O)[C@@H]1CC(CC(=O)CC(O)(O)C(=O)O)Oc1ccccc1. The van der Waals surface area contributed by atoms with E-state index in [4.69, 9.17) is 9.84 Å². The molecule has 1 fully saturated rings. The molecule has 3 atom stereocenters. The van der Waals surface area contributed by atoms with E-state index >= 15 is 0 Å². The van der Waals surface area contributed by atoms with Crippen LogP contribution in [0.2, 0.25) is 0 Å². The number of carbonyl (C=O) groups is 3. The highest BCUT2D eigenvalue weighted by atomic mass is 16.5. The largest absolute Gasteiger partial charge is 0.490 e. The average molecular weight is 404 g/mol. The average Bonchev–Trinajstić information content (AvgIpc) is 3.00. The Morgan fingerprint density at radius 2 is 1.97 bits per heavy atom. The molecule has 1 aliphatic rings. The molecule has 29 heavy (non-hydrogen) atoms. The maximum atomic E-state index is 12.4. The molecule has 3 N–H and O–H groups in total. The number of ketones is 2. The van der Waals surface area contributed by atoms with E-state index in [1.807, 2.05) is 25.1 Å². The van der Waals surface area contributed by atoms with Gasteiger partial charge in [0.2, 0.25) is 0 Å². The Balaban J connectivity index is 2.14. The van der Waals surface area contributed by atoms with Crippen LogP contribution in [0.15, 0.2) is 42.5 Å². The van der Waals surface area contributed by atoms with Crippen LogP contribution in [0, 0.1) is 11.8 Å². The van der Waals surface area contributed by atoms with E-state index in [9.17, 15) is 24.6 Å². The summed E-state index contributed by atoms with van der Waals surface area (Å²) in [6.45, 7) is 2.01. The molecule has 1 saturated carbocycles. The Kier molecular flexibility index (Phi) is 8.10. The molecule has 0 heterocycles. The molecule has 1 aliphatic carbocycles. The summed E-state index contributed by atoms with van der Waals surface area (Å²) in [7, 11) is 0. The van der Waals surface area contributed by atoms with Gasteiger partial charge in [-0.15, -0.1) is 0 Å². The number of carboxylic acids is 1. The maximum absolute atomic E-state index is 12.4. The fraction of sp³-hybridized carbons (Fsp3) is 0.500. The summed E-state index contributed by atoms with van der Waals surface area (Å²) in [6, 6.07) is 8.82. The van der Waals surface area contributed by atoms with Gasteiger partial charge in [-0.2, -0.15) is 0 Å². The molecule has 1 unspecified atom stereocenters. The van der Waals surface area contributed by atoms with Crippen LogP contribution < -0.4 is 4.74 Å². The number of aliphatic hydroxyl groups is 2. The minimum atomic E-state index is -3.12. The number of ether oxygens (including phenoxy) is 1. The third kappa shape index (κ3) is 6.80. The Morgan fingerprint density at radius 3 is 2.59 bits per heavy atom. The molecule has 0 aliphatic heterocycles. The van der Waals surface area contributed by atoms with Crippen LogP contribution in [0.4, 0.5) is 0 Å². The number of allylic oxidation sites excluding steroid dienone is 2. The van der Waals surface area contributed by atoms with E-state index < -0.39 is 30.1 Å². The number of Topliss-reactive ketones (excluding diaryl/α,β-unsaturated/α-hetero) is 2. The molecule has 0 bridgehead atoms. The molecule has 1 aromatic carbocycles. The summed E-state index contributed by atoms with van der Waals surface area (Å²) in [4.78, 5) is 35.6. The lowest BCUT2D eigenvalue weighted by Gasteiger charge is -2.24. The zero-order chi connectivity index (χ0) is 21.4. The predicted octanol–water partition coefficient (Wildman–Crippen LogP) is 2.50. The van der Waals surface area contributed by atoms with Gasteiger partial charge in [0.1, 0.15) is 23.4 Å². The fourth-order valence-corrected chi connectivity index (χ4v) is 3.61. The van der Waals surface area contributed by atoms with E-state index in [1.54, 1.807) is 24.3 Å². The Labute approximate surface area is 170 Å². The van der Waals surface area contributed by atoms with Crippen molar-refractivity contribution in [3.05, 3.63) is 42.5 Å². The summed E-state index contributed by atoms with van der Waals surface area (Å²) in [5.74, 6) is -5.24. The lowest BCUT2D eigenvalue weighted by Crippen LogP contribution is -2.41. The van der Waals surface area contributed by atoms with Crippen molar-refractivity contribution in [3.63, 3.8) is 0 Å². The standard InChI is InChI=1S/C22H28O7/c1-2-3-7-15-10-11-20(24)19(15)13-18(29-17-8-5-4-6-9-17)12-16(23)14-22(27,28)21(25)26/h3-9,15,18-19,27-28H,2,10-14H2,1H3,(H,25,26)/b7-3+/t15-,18?,19+/m0/s1. The van der Waals surface area contributed by atoms with Crippen molar-refractivity contribution in [2.75, 3.05) is 0 Å². The van der Waals surface area contributed by atoms with Crippen LogP contribution >= 0.6 is 0 Å². The van der Waals surface area contributed by atoms with Gasteiger partial charge in [0.25, 0.3) is 5.79 Å². The molecule has 7 nitrogen and oxygen atoms in total. The van der Waals surface area contributed by atoms with E-state index in [1.165, 1.54) is 0 Å². The van der Waals surface area contributed by atoms with E-state index in [0.717, 1.165) is 12.8 Å². The summed E-state index contributed by atoms with van der Waals surface area (Å²) >= 11 is 0. The lowest BCUT2D eigenvalue weighted by atomic mass is 9.87. The molecule has 0 aromatic heterocycles. The van der Waals surface area contributed by atoms with Crippen molar-refractivity contribution in [1.82, 2.24) is 0 Å². The van der Waals surface area contributed by atoms with Crippen LogP contribution in [0.1, 0.15) is 45.4 Å². The zero-order valence-corrected chi connectivity index (χ0v) is 16.5. The highest BCUT2D eigenvalue weighted by Gasteiger charge is 2.39. The van der Waals surface area contributed by atoms with Gasteiger partial charge in [-0.1, -0.05) is 37.3 Å². The van der Waals surface area contributed by atoms with Crippen LogP contribution in [0.3, 0.4) is 0 Å². The predicted molar refractivity (Wildman–Crippen MR) is 105 cm³/mol. The van der Waals surface area contributed by atoms with Crippen LogP contribution in [0.25, 0.3) is 0 Å². The van der Waals surface area contributed by atoms with Gasteiger partial charge in [0.05, 0.1) is 6.42 Å². The number of rotatable bonds is 11. The van der Waals surface area contributed by atoms with Gasteiger partial charge in [0, 0.05) is 18.8 Å². The minimum absolute atomic E-state index is 0.0771. The van der Waals surface area contributed by atoms with E-state index in [-0.39, 0.29) is 24.0 Å². The smallest absolute Gasteiger partial charge is 0.364 e. The fourth-order valence-electron chi connectivity index (χ4n) is 3.61. The summed E-state index contributed by atoms with van der Waals surface area (Å²) in [5.41, 5.74) is 0. The highest BCUT2D eigenvalue weighted by Crippen LogP contribution is 2.35. The maximum Gasteiger partial charge on any atom is 0.364 e. The van der Waals surface area contributed by atoms with Crippen molar-refractivity contribution >= 4 is 17.5 Å². The number of aliphatic carboxylic acids is 1. The monoisotopic (exact) mass is 404 g/mol.